The lowest BCUT2D eigenvalue weighted by Crippen LogP contribution is -2.05. The highest BCUT2D eigenvalue weighted by Crippen LogP contribution is 2.66. The second-order valence-corrected chi connectivity index (χ2v) is 5.50. The third kappa shape index (κ3) is 1.78. The lowest BCUT2D eigenvalue weighted by atomic mass is 9.91. The maximum absolute atomic E-state index is 2.49. The van der Waals surface area contributed by atoms with E-state index in [1.54, 1.807) is 19.3 Å². The van der Waals surface area contributed by atoms with Gasteiger partial charge in [-0.1, -0.05) is 46.0 Å². The standard InChI is InChI=1S/C13H24/c1-3-4-7-11(2)12-10-13(12)8-5-6-9-13/h11-12H,3-10H2,1-2H3. The van der Waals surface area contributed by atoms with Crippen LogP contribution in [-0.2, 0) is 0 Å². The van der Waals surface area contributed by atoms with Gasteiger partial charge in [-0.3, -0.25) is 0 Å². The summed E-state index contributed by atoms with van der Waals surface area (Å²) in [6.45, 7) is 4.80. The summed E-state index contributed by atoms with van der Waals surface area (Å²) in [5.41, 5.74) is 0.882. The minimum atomic E-state index is 0.882. The molecule has 2 rings (SSSR count). The van der Waals surface area contributed by atoms with Gasteiger partial charge in [0.15, 0.2) is 0 Å². The van der Waals surface area contributed by atoms with Crippen LogP contribution in [0.25, 0.3) is 0 Å². The van der Waals surface area contributed by atoms with Gasteiger partial charge in [0.05, 0.1) is 0 Å². The van der Waals surface area contributed by atoms with Crippen LogP contribution in [0.3, 0.4) is 0 Å². The van der Waals surface area contributed by atoms with Crippen LogP contribution in [-0.4, -0.2) is 0 Å². The molecular weight excluding hydrogens is 156 g/mol. The predicted molar refractivity (Wildman–Crippen MR) is 57.7 cm³/mol. The average Bonchev–Trinajstić information content (AvgIpc) is 2.61. The Kier molecular flexibility index (Phi) is 2.67. The minimum absolute atomic E-state index is 0.882. The second kappa shape index (κ2) is 3.63. The zero-order chi connectivity index (χ0) is 9.31. The fraction of sp³-hybridized carbons (Fsp3) is 1.00. The van der Waals surface area contributed by atoms with E-state index >= 15 is 0 Å². The largest absolute Gasteiger partial charge is 0.0654 e. The van der Waals surface area contributed by atoms with Crippen molar-refractivity contribution in [1.29, 1.82) is 0 Å². The molecule has 0 aliphatic heterocycles. The normalized spacial score (nSPS) is 32.3. The van der Waals surface area contributed by atoms with Gasteiger partial charge in [0, 0.05) is 0 Å². The van der Waals surface area contributed by atoms with E-state index in [0.29, 0.717) is 0 Å². The van der Waals surface area contributed by atoms with Crippen molar-refractivity contribution in [3.8, 4) is 0 Å². The summed E-state index contributed by atoms with van der Waals surface area (Å²) in [5.74, 6) is 2.15. The van der Waals surface area contributed by atoms with Gasteiger partial charge in [0.2, 0.25) is 0 Å². The van der Waals surface area contributed by atoms with Crippen LogP contribution >= 0.6 is 0 Å². The molecule has 2 aliphatic rings. The topological polar surface area (TPSA) is 0 Å². The molecule has 0 aromatic rings. The van der Waals surface area contributed by atoms with Crippen molar-refractivity contribution >= 4 is 0 Å². The molecule has 0 radical (unpaired) electrons. The van der Waals surface area contributed by atoms with Gasteiger partial charge in [0.25, 0.3) is 0 Å². The first kappa shape index (κ1) is 9.55. The van der Waals surface area contributed by atoms with Gasteiger partial charge in [-0.2, -0.15) is 0 Å². The summed E-state index contributed by atoms with van der Waals surface area (Å²) in [4.78, 5) is 0. The van der Waals surface area contributed by atoms with Crippen molar-refractivity contribution in [2.45, 2.75) is 65.2 Å². The van der Waals surface area contributed by atoms with Crippen molar-refractivity contribution in [1.82, 2.24) is 0 Å². The summed E-state index contributed by atoms with van der Waals surface area (Å²) in [5, 5.41) is 0. The molecule has 76 valence electrons. The molecule has 1 spiro atoms. The van der Waals surface area contributed by atoms with Gasteiger partial charge in [-0.05, 0) is 36.5 Å². The Balaban J connectivity index is 1.77. The Morgan fingerprint density at radius 2 is 2.00 bits per heavy atom. The fourth-order valence-corrected chi connectivity index (χ4v) is 3.57. The van der Waals surface area contributed by atoms with E-state index in [2.05, 4.69) is 13.8 Å². The Morgan fingerprint density at radius 3 is 2.62 bits per heavy atom. The molecule has 0 heteroatoms. The average molecular weight is 180 g/mol. The molecule has 0 aromatic heterocycles. The van der Waals surface area contributed by atoms with Crippen molar-refractivity contribution in [3.63, 3.8) is 0 Å². The lowest BCUT2D eigenvalue weighted by molar-refractivity contribution is 0.358. The molecule has 0 nitrogen and oxygen atoms in total. The SMILES string of the molecule is CCCCC(C)C1CC12CCCC2. The molecule has 0 bridgehead atoms. The Labute approximate surface area is 83.1 Å². The van der Waals surface area contributed by atoms with Gasteiger partial charge in [-0.25, -0.2) is 0 Å². The van der Waals surface area contributed by atoms with Crippen LogP contribution in [0, 0.1) is 17.3 Å². The first-order valence-corrected chi connectivity index (χ1v) is 6.28. The monoisotopic (exact) mass is 180 g/mol. The zero-order valence-corrected chi connectivity index (χ0v) is 9.31. The van der Waals surface area contributed by atoms with Gasteiger partial charge in [0.1, 0.15) is 0 Å². The van der Waals surface area contributed by atoms with Crippen LogP contribution in [0.1, 0.15) is 65.2 Å². The van der Waals surface area contributed by atoms with Crippen LogP contribution in [0.2, 0.25) is 0 Å². The van der Waals surface area contributed by atoms with E-state index in [4.69, 9.17) is 0 Å². The zero-order valence-electron chi connectivity index (χ0n) is 9.31. The molecular formula is C13H24. The Morgan fingerprint density at radius 1 is 1.31 bits per heavy atom. The van der Waals surface area contributed by atoms with E-state index in [1.165, 1.54) is 32.1 Å². The van der Waals surface area contributed by atoms with E-state index in [1.807, 2.05) is 0 Å². The number of rotatable bonds is 4. The fourth-order valence-electron chi connectivity index (χ4n) is 3.57. The minimum Gasteiger partial charge on any atom is -0.0654 e. The quantitative estimate of drug-likeness (QED) is 0.602. The van der Waals surface area contributed by atoms with Crippen LogP contribution in [0.4, 0.5) is 0 Å². The van der Waals surface area contributed by atoms with Crippen molar-refractivity contribution < 1.29 is 0 Å². The maximum Gasteiger partial charge on any atom is -0.0263 e. The van der Waals surface area contributed by atoms with Crippen LogP contribution in [0.5, 0.6) is 0 Å². The summed E-state index contributed by atoms with van der Waals surface area (Å²) in [7, 11) is 0. The second-order valence-electron chi connectivity index (χ2n) is 5.50. The first-order chi connectivity index (χ1) is 6.28. The van der Waals surface area contributed by atoms with Crippen LogP contribution < -0.4 is 0 Å². The Bertz CT molecular complexity index is 165. The molecule has 2 atom stereocenters. The highest BCUT2D eigenvalue weighted by Gasteiger charge is 2.56. The molecule has 2 fully saturated rings. The lowest BCUT2D eigenvalue weighted by Gasteiger charge is -2.14. The third-order valence-corrected chi connectivity index (χ3v) is 4.55. The molecule has 2 unspecified atom stereocenters. The number of hydrogen-bond donors (Lipinski definition) is 0. The molecule has 13 heavy (non-hydrogen) atoms. The summed E-state index contributed by atoms with van der Waals surface area (Å²) >= 11 is 0. The molecule has 0 heterocycles. The highest BCUT2D eigenvalue weighted by molar-refractivity contribution is 5.06. The van der Waals surface area contributed by atoms with Gasteiger partial charge >= 0.3 is 0 Å². The highest BCUT2D eigenvalue weighted by atomic mass is 14.6. The Hall–Kier alpha value is 0. The maximum atomic E-state index is 2.49. The van der Waals surface area contributed by atoms with Crippen molar-refractivity contribution in [3.05, 3.63) is 0 Å². The van der Waals surface area contributed by atoms with Crippen molar-refractivity contribution in [2.24, 2.45) is 17.3 Å². The predicted octanol–water partition coefficient (Wildman–Crippen LogP) is 4.39. The summed E-state index contributed by atoms with van der Waals surface area (Å²) in [6.07, 6.45) is 12.1. The molecule has 0 saturated heterocycles. The van der Waals surface area contributed by atoms with E-state index < -0.39 is 0 Å². The van der Waals surface area contributed by atoms with E-state index in [0.717, 1.165) is 17.3 Å². The first-order valence-electron chi connectivity index (χ1n) is 6.28. The van der Waals surface area contributed by atoms with Gasteiger partial charge in [-0.15, -0.1) is 0 Å². The summed E-state index contributed by atoms with van der Waals surface area (Å²) in [6, 6.07) is 0. The van der Waals surface area contributed by atoms with Crippen LogP contribution in [0.15, 0.2) is 0 Å². The van der Waals surface area contributed by atoms with E-state index in [-0.39, 0.29) is 0 Å². The smallest absolute Gasteiger partial charge is 0.0263 e. The van der Waals surface area contributed by atoms with Gasteiger partial charge < -0.3 is 0 Å². The molecule has 2 aliphatic carbocycles. The molecule has 0 aromatic carbocycles. The molecule has 0 amide bonds. The molecule has 0 N–H and O–H groups in total. The number of unbranched alkanes of at least 4 members (excludes halogenated alkanes) is 1. The number of hydrogen-bond acceptors (Lipinski definition) is 0. The van der Waals surface area contributed by atoms with Crippen molar-refractivity contribution in [2.75, 3.05) is 0 Å². The third-order valence-electron chi connectivity index (χ3n) is 4.55. The van der Waals surface area contributed by atoms with E-state index in [9.17, 15) is 0 Å². The summed E-state index contributed by atoms with van der Waals surface area (Å²) < 4.78 is 0. The molecule has 2 saturated carbocycles.